The molecule has 2 rings (SSSR count). The Balaban J connectivity index is 1.95. The Kier molecular flexibility index (Phi) is 4.15. The topological polar surface area (TPSA) is 82.9 Å². The van der Waals surface area contributed by atoms with E-state index in [2.05, 4.69) is 9.51 Å². The van der Waals surface area contributed by atoms with E-state index in [-0.39, 0.29) is 13.2 Å². The van der Waals surface area contributed by atoms with Gasteiger partial charge in [0.25, 0.3) is 0 Å². The van der Waals surface area contributed by atoms with Gasteiger partial charge in [0.2, 0.25) is 0 Å². The maximum Gasteiger partial charge on any atom is 0.469 e. The van der Waals surface area contributed by atoms with Gasteiger partial charge in [-0.1, -0.05) is 0 Å². The van der Waals surface area contributed by atoms with E-state index in [1.165, 1.54) is 16.2 Å². The molecule has 6 nitrogen and oxygen atoms in total. The van der Waals surface area contributed by atoms with E-state index >= 15 is 0 Å². The van der Waals surface area contributed by atoms with Crippen LogP contribution in [-0.4, -0.2) is 39.4 Å². The van der Waals surface area contributed by atoms with Crippen LogP contribution in [0.2, 0.25) is 0 Å². The number of aromatic nitrogens is 1. The van der Waals surface area contributed by atoms with E-state index in [0.717, 1.165) is 9.88 Å². The molecular formula is C9H14FN2O4PS. The molecule has 1 aromatic rings. The number of hydrogen-bond donors (Lipinski definition) is 2. The van der Waals surface area contributed by atoms with E-state index < -0.39 is 14.1 Å². The van der Waals surface area contributed by atoms with Gasteiger partial charge >= 0.3 is 7.82 Å². The Morgan fingerprint density at radius 3 is 3.06 bits per heavy atom. The van der Waals surface area contributed by atoms with Crippen LogP contribution in [0, 0.1) is 6.92 Å². The fourth-order valence-electron chi connectivity index (χ4n) is 1.88. The van der Waals surface area contributed by atoms with Crippen molar-refractivity contribution in [1.29, 1.82) is 0 Å². The second kappa shape index (κ2) is 5.32. The number of aryl methyl sites for hydroxylation is 1. The van der Waals surface area contributed by atoms with Crippen LogP contribution in [0.5, 0.6) is 0 Å². The first kappa shape index (κ1) is 14.0. The quantitative estimate of drug-likeness (QED) is 0.645. The van der Waals surface area contributed by atoms with E-state index in [1.54, 1.807) is 0 Å². The van der Waals surface area contributed by atoms with Gasteiger partial charge in [-0.3, -0.25) is 9.42 Å². The van der Waals surface area contributed by atoms with Crippen molar-refractivity contribution in [3.63, 3.8) is 0 Å². The predicted molar refractivity (Wildman–Crippen MR) is 64.0 cm³/mol. The fraction of sp³-hybridized carbons (Fsp3) is 0.667. The second-order valence-electron chi connectivity index (χ2n) is 3.99. The van der Waals surface area contributed by atoms with E-state index in [9.17, 15) is 8.96 Å². The third kappa shape index (κ3) is 3.34. The Morgan fingerprint density at radius 2 is 2.39 bits per heavy atom. The number of phosphoric ester groups is 1. The lowest BCUT2D eigenvalue weighted by atomic mass is 10.1. The normalized spacial score (nSPS) is 21.0. The van der Waals surface area contributed by atoms with Crippen molar-refractivity contribution >= 4 is 19.2 Å². The molecule has 0 aromatic carbocycles. The minimum atomic E-state index is -4.48. The Bertz CT molecular complexity index is 477. The average Bonchev–Trinajstić information content (AvgIpc) is 2.62. The Labute approximate surface area is 108 Å². The summed E-state index contributed by atoms with van der Waals surface area (Å²) in [6.07, 6.45) is -0.615. The van der Waals surface area contributed by atoms with E-state index in [1.807, 2.05) is 6.92 Å². The molecular weight excluding hydrogens is 282 g/mol. The van der Waals surface area contributed by atoms with Crippen LogP contribution in [-0.2, 0) is 15.5 Å². The fourth-order valence-corrected chi connectivity index (χ4v) is 3.15. The molecule has 18 heavy (non-hydrogen) atoms. The molecule has 0 amide bonds. The number of thiazole rings is 1. The van der Waals surface area contributed by atoms with Crippen molar-refractivity contribution in [2.75, 3.05) is 19.7 Å². The molecule has 0 bridgehead atoms. The van der Waals surface area contributed by atoms with Crippen LogP contribution in [0.25, 0.3) is 0 Å². The second-order valence-corrected chi connectivity index (χ2v) is 6.51. The largest absolute Gasteiger partial charge is 0.469 e. The zero-order valence-electron chi connectivity index (χ0n) is 9.74. The SMILES string of the molecule is Cc1nc2c(s1)CCN(CCOP(=O)(O)O)C2F. The van der Waals surface area contributed by atoms with Crippen molar-refractivity contribution in [2.24, 2.45) is 0 Å². The van der Waals surface area contributed by atoms with Gasteiger partial charge in [0.05, 0.1) is 11.6 Å². The van der Waals surface area contributed by atoms with Crippen molar-refractivity contribution < 1.29 is 23.3 Å². The van der Waals surface area contributed by atoms with Gasteiger partial charge in [-0.2, -0.15) is 0 Å². The number of hydrogen-bond acceptors (Lipinski definition) is 5. The lowest BCUT2D eigenvalue weighted by Crippen LogP contribution is -2.35. The molecule has 1 atom stereocenters. The number of phosphoric acid groups is 1. The molecule has 2 heterocycles. The minimum absolute atomic E-state index is 0.127. The summed E-state index contributed by atoms with van der Waals surface area (Å²) in [6, 6.07) is 0. The summed E-state index contributed by atoms with van der Waals surface area (Å²) in [5.74, 6) is 0. The highest BCUT2D eigenvalue weighted by Crippen LogP contribution is 2.37. The van der Waals surface area contributed by atoms with Gasteiger partial charge in [-0.25, -0.2) is 13.9 Å². The maximum atomic E-state index is 14.1. The number of rotatable bonds is 4. The van der Waals surface area contributed by atoms with Crippen LogP contribution >= 0.6 is 19.2 Å². The first-order valence-electron chi connectivity index (χ1n) is 5.41. The predicted octanol–water partition coefficient (Wildman–Crippen LogP) is 1.39. The monoisotopic (exact) mass is 296 g/mol. The molecule has 0 spiro atoms. The molecule has 2 N–H and O–H groups in total. The van der Waals surface area contributed by atoms with E-state index in [4.69, 9.17) is 9.79 Å². The van der Waals surface area contributed by atoms with Gasteiger partial charge in [-0.15, -0.1) is 11.3 Å². The average molecular weight is 296 g/mol. The van der Waals surface area contributed by atoms with Crippen LogP contribution in [0.1, 0.15) is 21.9 Å². The molecule has 0 aliphatic carbocycles. The van der Waals surface area contributed by atoms with E-state index in [0.29, 0.717) is 18.7 Å². The molecule has 1 aliphatic rings. The number of halogens is 1. The summed E-state index contributed by atoms with van der Waals surface area (Å²) in [7, 11) is -4.48. The number of nitrogens with zero attached hydrogens (tertiary/aromatic N) is 2. The zero-order valence-corrected chi connectivity index (χ0v) is 11.5. The molecule has 1 aromatic heterocycles. The highest BCUT2D eigenvalue weighted by molar-refractivity contribution is 7.46. The van der Waals surface area contributed by atoms with Gasteiger partial charge < -0.3 is 9.79 Å². The van der Waals surface area contributed by atoms with Gasteiger partial charge in [0, 0.05) is 18.0 Å². The number of alkyl halides is 1. The Hall–Kier alpha value is -0.370. The van der Waals surface area contributed by atoms with Crippen molar-refractivity contribution in [3.05, 3.63) is 15.6 Å². The Morgan fingerprint density at radius 1 is 1.67 bits per heavy atom. The summed E-state index contributed by atoms with van der Waals surface area (Å²) < 4.78 is 28.9. The highest BCUT2D eigenvalue weighted by Gasteiger charge is 2.30. The maximum absolute atomic E-state index is 14.1. The molecule has 0 saturated heterocycles. The molecule has 9 heteroatoms. The molecule has 0 fully saturated rings. The van der Waals surface area contributed by atoms with Crippen LogP contribution in [0.4, 0.5) is 4.39 Å². The van der Waals surface area contributed by atoms with Crippen molar-refractivity contribution in [3.8, 4) is 0 Å². The molecule has 0 saturated carbocycles. The van der Waals surface area contributed by atoms with Crippen LogP contribution in [0.3, 0.4) is 0 Å². The summed E-state index contributed by atoms with van der Waals surface area (Å²) in [6.45, 7) is 2.25. The lowest BCUT2D eigenvalue weighted by molar-refractivity contribution is 0.0508. The van der Waals surface area contributed by atoms with Gasteiger partial charge in [0.15, 0.2) is 6.30 Å². The lowest BCUT2D eigenvalue weighted by Gasteiger charge is -2.29. The van der Waals surface area contributed by atoms with Crippen molar-refractivity contribution in [2.45, 2.75) is 19.6 Å². The van der Waals surface area contributed by atoms with Crippen LogP contribution in [0.15, 0.2) is 0 Å². The summed E-state index contributed by atoms with van der Waals surface area (Å²) in [5.41, 5.74) is 0.430. The summed E-state index contributed by atoms with van der Waals surface area (Å²) in [5, 5.41) is 0.830. The number of fused-ring (bicyclic) bond motifs is 1. The highest BCUT2D eigenvalue weighted by atomic mass is 32.1. The van der Waals surface area contributed by atoms with Crippen molar-refractivity contribution in [1.82, 2.24) is 9.88 Å². The smallest absolute Gasteiger partial charge is 0.303 e. The van der Waals surface area contributed by atoms with Gasteiger partial charge in [0.1, 0.15) is 5.69 Å². The third-order valence-corrected chi connectivity index (χ3v) is 4.21. The molecule has 102 valence electrons. The first-order chi connectivity index (χ1) is 8.37. The zero-order chi connectivity index (χ0) is 13.3. The summed E-state index contributed by atoms with van der Waals surface area (Å²) >= 11 is 1.49. The molecule has 1 aliphatic heterocycles. The first-order valence-corrected chi connectivity index (χ1v) is 7.76. The standard InChI is InChI=1S/C9H14FN2O4PS/c1-6-11-8-7(18-6)2-3-12(9(8)10)4-5-16-17(13,14)15/h9H,2-5H2,1H3,(H2,13,14,15). The van der Waals surface area contributed by atoms with Gasteiger partial charge in [-0.05, 0) is 13.3 Å². The molecule has 0 radical (unpaired) electrons. The van der Waals surface area contributed by atoms with Crippen LogP contribution < -0.4 is 0 Å². The minimum Gasteiger partial charge on any atom is -0.303 e. The third-order valence-electron chi connectivity index (χ3n) is 2.64. The summed E-state index contributed by atoms with van der Waals surface area (Å²) in [4.78, 5) is 23.6. The molecule has 1 unspecified atom stereocenters.